The van der Waals surface area contributed by atoms with Crippen LogP contribution in [0.25, 0.3) is 0 Å². The van der Waals surface area contributed by atoms with Crippen molar-refractivity contribution < 1.29 is 9.13 Å². The van der Waals surface area contributed by atoms with Gasteiger partial charge in [0.1, 0.15) is 6.61 Å². The minimum Gasteiger partial charge on any atom is -0.484 e. The first-order valence-corrected chi connectivity index (χ1v) is 6.31. The van der Waals surface area contributed by atoms with Crippen LogP contribution in [-0.4, -0.2) is 11.5 Å². The summed E-state index contributed by atoms with van der Waals surface area (Å²) in [5, 5.41) is 3.23. The van der Waals surface area contributed by atoms with Gasteiger partial charge in [-0.15, -0.1) is 0 Å². The van der Waals surface area contributed by atoms with Crippen molar-refractivity contribution in [2.75, 3.05) is 6.54 Å². The summed E-state index contributed by atoms with van der Waals surface area (Å²) in [7, 11) is 0. The highest BCUT2D eigenvalue weighted by atomic mass is 19.1. The van der Waals surface area contributed by atoms with Gasteiger partial charge < -0.3 is 10.1 Å². The summed E-state index contributed by atoms with van der Waals surface area (Å²) in [4.78, 5) is 4.29. The molecule has 2 aromatic rings. The van der Waals surface area contributed by atoms with Crippen molar-refractivity contribution in [3.63, 3.8) is 0 Å². The highest BCUT2D eigenvalue weighted by Gasteiger charge is 2.02. The zero-order valence-corrected chi connectivity index (χ0v) is 10.9. The van der Waals surface area contributed by atoms with E-state index in [1.165, 1.54) is 6.07 Å². The molecule has 0 fully saturated rings. The number of halogens is 1. The largest absolute Gasteiger partial charge is 0.484 e. The normalized spacial score (nSPS) is 10.4. The van der Waals surface area contributed by atoms with Gasteiger partial charge in [0.05, 0.1) is 5.69 Å². The number of rotatable bonds is 6. The number of ether oxygens (including phenoxy) is 1. The van der Waals surface area contributed by atoms with Crippen LogP contribution in [0.2, 0.25) is 0 Å². The van der Waals surface area contributed by atoms with Crippen molar-refractivity contribution in [3.8, 4) is 5.75 Å². The number of nitrogens with zero attached hydrogens (tertiary/aromatic N) is 1. The summed E-state index contributed by atoms with van der Waals surface area (Å²) in [5.41, 5.74) is 1.90. The molecule has 0 saturated carbocycles. The minimum absolute atomic E-state index is 0.251. The molecule has 1 aromatic heterocycles. The van der Waals surface area contributed by atoms with Crippen LogP contribution in [0.4, 0.5) is 4.39 Å². The minimum atomic E-state index is -0.355. The van der Waals surface area contributed by atoms with E-state index in [4.69, 9.17) is 4.74 Å². The topological polar surface area (TPSA) is 34.1 Å². The third kappa shape index (κ3) is 4.03. The SMILES string of the molecule is CCNCc1ccc(COc2ccccc2F)nc1. The zero-order chi connectivity index (χ0) is 13.5. The molecular weight excluding hydrogens is 243 g/mol. The molecule has 0 aliphatic rings. The fourth-order valence-electron chi connectivity index (χ4n) is 1.63. The molecule has 0 atom stereocenters. The number of pyridine rings is 1. The molecule has 1 heterocycles. The average Bonchev–Trinajstić information content (AvgIpc) is 2.45. The van der Waals surface area contributed by atoms with Crippen LogP contribution in [0.5, 0.6) is 5.75 Å². The van der Waals surface area contributed by atoms with E-state index < -0.39 is 0 Å². The lowest BCUT2D eigenvalue weighted by Gasteiger charge is -2.07. The first-order valence-electron chi connectivity index (χ1n) is 6.31. The average molecular weight is 260 g/mol. The Balaban J connectivity index is 1.91. The van der Waals surface area contributed by atoms with Crippen molar-refractivity contribution in [2.45, 2.75) is 20.1 Å². The van der Waals surface area contributed by atoms with Gasteiger partial charge in [0, 0.05) is 12.7 Å². The molecule has 0 unspecified atom stereocenters. The second-order valence-electron chi connectivity index (χ2n) is 4.16. The van der Waals surface area contributed by atoms with E-state index >= 15 is 0 Å². The van der Waals surface area contributed by atoms with Crippen molar-refractivity contribution in [2.24, 2.45) is 0 Å². The van der Waals surface area contributed by atoms with Gasteiger partial charge in [0.2, 0.25) is 0 Å². The molecule has 0 spiro atoms. The van der Waals surface area contributed by atoms with E-state index in [2.05, 4.69) is 17.2 Å². The zero-order valence-electron chi connectivity index (χ0n) is 10.9. The van der Waals surface area contributed by atoms with Crippen LogP contribution in [0.15, 0.2) is 42.6 Å². The van der Waals surface area contributed by atoms with Gasteiger partial charge in [-0.05, 0) is 30.3 Å². The molecule has 0 aliphatic heterocycles. The summed E-state index contributed by atoms with van der Waals surface area (Å²) in [6.45, 7) is 4.06. The van der Waals surface area contributed by atoms with Crippen molar-refractivity contribution in [3.05, 3.63) is 59.7 Å². The third-order valence-electron chi connectivity index (χ3n) is 2.68. The lowest BCUT2D eigenvalue weighted by Crippen LogP contribution is -2.12. The number of para-hydroxylation sites is 1. The molecule has 0 bridgehead atoms. The lowest BCUT2D eigenvalue weighted by atomic mass is 10.2. The number of nitrogens with one attached hydrogen (secondary N) is 1. The third-order valence-corrected chi connectivity index (χ3v) is 2.68. The monoisotopic (exact) mass is 260 g/mol. The summed E-state index contributed by atoms with van der Waals surface area (Å²) in [6, 6.07) is 10.3. The Morgan fingerprint density at radius 2 is 2.05 bits per heavy atom. The Morgan fingerprint density at radius 1 is 1.21 bits per heavy atom. The Bertz CT molecular complexity index is 514. The van der Waals surface area contributed by atoms with Crippen LogP contribution >= 0.6 is 0 Å². The van der Waals surface area contributed by atoms with Gasteiger partial charge in [-0.2, -0.15) is 0 Å². The highest BCUT2D eigenvalue weighted by Crippen LogP contribution is 2.16. The first kappa shape index (κ1) is 13.5. The molecule has 4 heteroatoms. The Hall–Kier alpha value is -1.94. The van der Waals surface area contributed by atoms with Gasteiger partial charge in [-0.3, -0.25) is 4.98 Å². The molecule has 100 valence electrons. The number of hydrogen-bond acceptors (Lipinski definition) is 3. The number of benzene rings is 1. The highest BCUT2D eigenvalue weighted by molar-refractivity contribution is 5.24. The van der Waals surface area contributed by atoms with E-state index in [0.29, 0.717) is 0 Å². The van der Waals surface area contributed by atoms with Crippen molar-refractivity contribution in [1.29, 1.82) is 0 Å². The molecule has 19 heavy (non-hydrogen) atoms. The molecule has 0 aliphatic carbocycles. The smallest absolute Gasteiger partial charge is 0.165 e. The molecule has 0 amide bonds. The first-order chi connectivity index (χ1) is 9.29. The maximum absolute atomic E-state index is 13.3. The summed E-state index contributed by atoms with van der Waals surface area (Å²) in [5.74, 6) is -0.104. The van der Waals surface area contributed by atoms with E-state index in [1.54, 1.807) is 18.2 Å². The van der Waals surface area contributed by atoms with Gasteiger partial charge in [0.15, 0.2) is 11.6 Å². The molecule has 1 N–H and O–H groups in total. The fraction of sp³-hybridized carbons (Fsp3) is 0.267. The Kier molecular flexibility index (Phi) is 4.86. The molecule has 1 aromatic carbocycles. The van der Waals surface area contributed by atoms with Crippen LogP contribution in [-0.2, 0) is 13.2 Å². The number of hydrogen-bond donors (Lipinski definition) is 1. The summed E-state index contributed by atoms with van der Waals surface area (Å²) < 4.78 is 18.7. The predicted molar refractivity (Wildman–Crippen MR) is 72.3 cm³/mol. The maximum Gasteiger partial charge on any atom is 0.165 e. The predicted octanol–water partition coefficient (Wildman–Crippen LogP) is 2.91. The van der Waals surface area contributed by atoms with Crippen LogP contribution < -0.4 is 10.1 Å². The molecule has 0 saturated heterocycles. The van der Waals surface area contributed by atoms with E-state index in [9.17, 15) is 4.39 Å². The van der Waals surface area contributed by atoms with Gasteiger partial charge in [0.25, 0.3) is 0 Å². The van der Waals surface area contributed by atoms with Gasteiger partial charge in [-0.25, -0.2) is 4.39 Å². The number of aromatic nitrogens is 1. The van der Waals surface area contributed by atoms with Crippen molar-refractivity contribution in [1.82, 2.24) is 10.3 Å². The van der Waals surface area contributed by atoms with Crippen LogP contribution in [0, 0.1) is 5.82 Å². The molecule has 2 rings (SSSR count). The Morgan fingerprint density at radius 3 is 2.74 bits per heavy atom. The molecule has 0 radical (unpaired) electrons. The van der Waals surface area contributed by atoms with Crippen LogP contribution in [0.1, 0.15) is 18.2 Å². The second-order valence-corrected chi connectivity index (χ2v) is 4.16. The summed E-state index contributed by atoms with van der Waals surface area (Å²) in [6.07, 6.45) is 1.81. The quantitative estimate of drug-likeness (QED) is 0.867. The molecular formula is C15H17FN2O. The maximum atomic E-state index is 13.3. The van der Waals surface area contributed by atoms with Gasteiger partial charge in [-0.1, -0.05) is 25.1 Å². The Labute approximate surface area is 112 Å². The van der Waals surface area contributed by atoms with E-state index in [0.717, 1.165) is 24.3 Å². The van der Waals surface area contributed by atoms with E-state index in [1.807, 2.05) is 18.3 Å². The fourth-order valence-corrected chi connectivity index (χ4v) is 1.63. The lowest BCUT2D eigenvalue weighted by molar-refractivity contribution is 0.286. The van der Waals surface area contributed by atoms with E-state index in [-0.39, 0.29) is 18.2 Å². The second kappa shape index (κ2) is 6.85. The molecule has 3 nitrogen and oxygen atoms in total. The van der Waals surface area contributed by atoms with Gasteiger partial charge >= 0.3 is 0 Å². The summed E-state index contributed by atoms with van der Waals surface area (Å²) >= 11 is 0. The van der Waals surface area contributed by atoms with Crippen molar-refractivity contribution >= 4 is 0 Å². The van der Waals surface area contributed by atoms with Crippen LogP contribution in [0.3, 0.4) is 0 Å². The standard InChI is InChI=1S/C15H17FN2O/c1-2-17-9-12-7-8-13(18-10-12)11-19-15-6-4-3-5-14(15)16/h3-8,10,17H,2,9,11H2,1H3.